The highest BCUT2D eigenvalue weighted by Crippen LogP contribution is 2.33. The van der Waals surface area contributed by atoms with Gasteiger partial charge in [0.15, 0.2) is 5.69 Å². The number of aryl methyl sites for hydroxylation is 1. The number of aromatic nitrogens is 4. The zero-order valence-electron chi connectivity index (χ0n) is 23.0. The number of rotatable bonds is 10. The van der Waals surface area contributed by atoms with Crippen LogP contribution in [0, 0.1) is 12.8 Å². The molecule has 0 atom stereocenters. The zero-order chi connectivity index (χ0) is 29.9. The van der Waals surface area contributed by atoms with Crippen molar-refractivity contribution in [3.8, 4) is 22.4 Å². The predicted octanol–water partition coefficient (Wildman–Crippen LogP) is 5.03. The number of halogens is 2. The highest BCUT2D eigenvalue weighted by atomic mass is 19.3. The van der Waals surface area contributed by atoms with E-state index in [2.05, 4.69) is 31.1 Å². The average Bonchev–Trinajstić information content (AvgIpc) is 3.83. The van der Waals surface area contributed by atoms with Gasteiger partial charge in [-0.25, -0.2) is 18.7 Å². The topological polar surface area (TPSA) is 142 Å². The maximum atomic E-state index is 13.7. The van der Waals surface area contributed by atoms with Gasteiger partial charge in [0.1, 0.15) is 11.6 Å². The van der Waals surface area contributed by atoms with Gasteiger partial charge < -0.3 is 21.1 Å². The summed E-state index contributed by atoms with van der Waals surface area (Å²) in [5.41, 5.74) is 3.54. The second-order valence-electron chi connectivity index (χ2n) is 10.2. The fourth-order valence-electron chi connectivity index (χ4n) is 4.26. The van der Waals surface area contributed by atoms with E-state index in [0.29, 0.717) is 23.0 Å². The molecule has 42 heavy (non-hydrogen) atoms. The molecule has 1 aliphatic carbocycles. The number of carbonyl (C=O) groups is 2. The monoisotopic (exact) mass is 573 g/mol. The Labute approximate surface area is 240 Å². The average molecular weight is 574 g/mol. The first kappa shape index (κ1) is 28.7. The van der Waals surface area contributed by atoms with Crippen LogP contribution >= 0.6 is 0 Å². The number of aliphatic hydroxyl groups excluding tert-OH is 1. The summed E-state index contributed by atoms with van der Waals surface area (Å²) in [6, 6.07) is 13.5. The number of carbonyl (C=O) groups excluding carboxylic acids is 2. The SMILES string of the molecule is Cc1ccc(NC(=O)c2cc(C(C)(F)F)cnn2)cc1-c1cc(NCCO)nc(-c2ccnc(NC(=O)C3CC3)c2)c1. The zero-order valence-corrected chi connectivity index (χ0v) is 23.0. The molecule has 4 aromatic rings. The van der Waals surface area contributed by atoms with E-state index in [1.54, 1.807) is 30.5 Å². The van der Waals surface area contributed by atoms with E-state index in [1.165, 1.54) is 0 Å². The molecule has 12 heteroatoms. The molecule has 2 amide bonds. The van der Waals surface area contributed by atoms with Crippen molar-refractivity contribution >= 4 is 29.1 Å². The lowest BCUT2D eigenvalue weighted by molar-refractivity contribution is -0.117. The van der Waals surface area contributed by atoms with E-state index in [-0.39, 0.29) is 30.7 Å². The van der Waals surface area contributed by atoms with Gasteiger partial charge in [0, 0.05) is 42.4 Å². The Morgan fingerprint density at radius 1 is 1.02 bits per heavy atom. The van der Waals surface area contributed by atoms with Crippen molar-refractivity contribution in [1.29, 1.82) is 0 Å². The highest BCUT2D eigenvalue weighted by Gasteiger charge is 2.30. The van der Waals surface area contributed by atoms with Gasteiger partial charge in [0.05, 0.1) is 18.5 Å². The van der Waals surface area contributed by atoms with Gasteiger partial charge in [-0.15, -0.1) is 5.10 Å². The minimum atomic E-state index is -3.17. The molecule has 0 unspecified atom stereocenters. The third-order valence-corrected chi connectivity index (χ3v) is 6.70. The molecule has 1 saturated carbocycles. The van der Waals surface area contributed by atoms with Gasteiger partial charge in [-0.2, -0.15) is 5.10 Å². The van der Waals surface area contributed by atoms with Crippen molar-refractivity contribution in [2.75, 3.05) is 29.1 Å². The van der Waals surface area contributed by atoms with Gasteiger partial charge in [0.25, 0.3) is 11.8 Å². The summed E-state index contributed by atoms with van der Waals surface area (Å²) in [6.07, 6.45) is 4.28. The van der Waals surface area contributed by atoms with Crippen LogP contribution in [0.3, 0.4) is 0 Å². The van der Waals surface area contributed by atoms with Crippen molar-refractivity contribution in [3.05, 3.63) is 77.7 Å². The van der Waals surface area contributed by atoms with Crippen molar-refractivity contribution in [2.24, 2.45) is 5.92 Å². The summed E-state index contributed by atoms with van der Waals surface area (Å²) in [5.74, 6) is -2.93. The largest absolute Gasteiger partial charge is 0.395 e. The van der Waals surface area contributed by atoms with Gasteiger partial charge in [-0.3, -0.25) is 9.59 Å². The fraction of sp³-hybridized carbons (Fsp3) is 0.267. The number of hydrogen-bond donors (Lipinski definition) is 4. The van der Waals surface area contributed by atoms with Crippen LogP contribution in [-0.4, -0.2) is 50.2 Å². The van der Waals surface area contributed by atoms with Gasteiger partial charge in [0.2, 0.25) is 5.91 Å². The second kappa shape index (κ2) is 12.0. The second-order valence-corrected chi connectivity index (χ2v) is 10.2. The number of amides is 2. The lowest BCUT2D eigenvalue weighted by Crippen LogP contribution is -2.17. The molecule has 5 rings (SSSR count). The minimum Gasteiger partial charge on any atom is -0.395 e. The summed E-state index contributed by atoms with van der Waals surface area (Å²) in [4.78, 5) is 34.1. The van der Waals surface area contributed by atoms with Crippen LogP contribution in [0.25, 0.3) is 22.4 Å². The van der Waals surface area contributed by atoms with Crippen LogP contribution in [0.5, 0.6) is 0 Å². The predicted molar refractivity (Wildman–Crippen MR) is 154 cm³/mol. The summed E-state index contributed by atoms with van der Waals surface area (Å²) in [7, 11) is 0. The molecular weight excluding hydrogens is 544 g/mol. The normalized spacial score (nSPS) is 13.0. The molecule has 4 N–H and O–H groups in total. The van der Waals surface area contributed by atoms with Gasteiger partial charge in [-0.1, -0.05) is 6.07 Å². The first-order chi connectivity index (χ1) is 20.1. The molecule has 0 aliphatic heterocycles. The van der Waals surface area contributed by atoms with E-state index in [4.69, 9.17) is 4.98 Å². The van der Waals surface area contributed by atoms with Gasteiger partial charge >= 0.3 is 0 Å². The van der Waals surface area contributed by atoms with E-state index >= 15 is 0 Å². The number of anilines is 3. The molecule has 10 nitrogen and oxygen atoms in total. The van der Waals surface area contributed by atoms with Crippen LogP contribution in [0.2, 0.25) is 0 Å². The molecule has 1 aromatic carbocycles. The number of hydrogen-bond acceptors (Lipinski definition) is 8. The van der Waals surface area contributed by atoms with E-state index in [9.17, 15) is 23.5 Å². The molecular formula is C30H29F2N7O3. The molecule has 0 spiro atoms. The van der Waals surface area contributed by atoms with Crippen molar-refractivity contribution in [1.82, 2.24) is 20.2 Å². The molecule has 0 saturated heterocycles. The first-order valence-corrected chi connectivity index (χ1v) is 13.4. The molecule has 0 radical (unpaired) electrons. The Bertz CT molecular complexity index is 1640. The van der Waals surface area contributed by atoms with E-state index in [1.807, 2.05) is 25.1 Å². The Balaban J connectivity index is 1.46. The minimum absolute atomic E-state index is 0.0329. The number of aliphatic hydroxyl groups is 1. The molecule has 3 heterocycles. The van der Waals surface area contributed by atoms with E-state index in [0.717, 1.165) is 54.3 Å². The number of nitrogens with zero attached hydrogens (tertiary/aromatic N) is 4. The Morgan fingerprint density at radius 2 is 1.81 bits per heavy atom. The lowest BCUT2D eigenvalue weighted by Gasteiger charge is -2.15. The molecule has 1 fully saturated rings. The van der Waals surface area contributed by atoms with E-state index < -0.39 is 17.4 Å². The molecule has 3 aromatic heterocycles. The first-order valence-electron chi connectivity index (χ1n) is 13.4. The van der Waals surface area contributed by atoms with Gasteiger partial charge in [-0.05, 0) is 78.9 Å². The number of benzene rings is 1. The smallest absolute Gasteiger partial charge is 0.276 e. The Hall–Kier alpha value is -4.84. The maximum Gasteiger partial charge on any atom is 0.276 e. The summed E-state index contributed by atoms with van der Waals surface area (Å²) in [6.45, 7) is 2.82. The summed E-state index contributed by atoms with van der Waals surface area (Å²) >= 11 is 0. The van der Waals surface area contributed by atoms with Crippen LogP contribution in [0.15, 0.2) is 60.9 Å². The fourth-order valence-corrected chi connectivity index (χ4v) is 4.26. The van der Waals surface area contributed by atoms with Crippen LogP contribution in [0.1, 0.15) is 41.4 Å². The third-order valence-electron chi connectivity index (χ3n) is 6.70. The van der Waals surface area contributed by atoms with Crippen molar-refractivity contribution in [3.63, 3.8) is 0 Å². The number of nitrogens with one attached hydrogen (secondary N) is 3. The number of alkyl halides is 2. The Kier molecular flexibility index (Phi) is 8.16. The lowest BCUT2D eigenvalue weighted by atomic mass is 9.98. The molecule has 216 valence electrons. The summed E-state index contributed by atoms with van der Waals surface area (Å²) in [5, 5.41) is 25.3. The molecule has 1 aliphatic rings. The van der Waals surface area contributed by atoms with Crippen molar-refractivity contribution < 1.29 is 23.5 Å². The third kappa shape index (κ3) is 6.89. The quantitative estimate of drug-likeness (QED) is 0.207. The highest BCUT2D eigenvalue weighted by molar-refractivity contribution is 6.03. The van der Waals surface area contributed by atoms with Crippen LogP contribution in [-0.2, 0) is 10.7 Å². The number of pyridine rings is 2. The van der Waals surface area contributed by atoms with Crippen molar-refractivity contribution in [2.45, 2.75) is 32.6 Å². The van der Waals surface area contributed by atoms with Crippen LogP contribution < -0.4 is 16.0 Å². The Morgan fingerprint density at radius 3 is 2.55 bits per heavy atom. The summed E-state index contributed by atoms with van der Waals surface area (Å²) < 4.78 is 27.5. The standard InChI is InChI=1S/C30H29F2N7O3/c1-17-3-6-22(36-29(42)25-14-21(16-35-39-25)30(2,31)32)15-23(17)20-11-24(37-26(13-20)34-9-10-40)19-7-8-33-27(12-19)38-28(41)18-4-5-18/h3,6-8,11-16,18,40H,4-5,9-10H2,1-2H3,(H,34,37)(H,36,42)(H,33,38,41). The maximum absolute atomic E-state index is 13.7. The van der Waals surface area contributed by atoms with Crippen LogP contribution in [0.4, 0.5) is 26.1 Å². The molecule has 0 bridgehead atoms.